The second kappa shape index (κ2) is 6.83. The number of esters is 1. The first-order chi connectivity index (χ1) is 12.1. The van der Waals surface area contributed by atoms with Crippen LogP contribution in [-0.4, -0.2) is 34.9 Å². The summed E-state index contributed by atoms with van der Waals surface area (Å²) in [4.78, 5) is 42.3. The quantitative estimate of drug-likeness (QED) is 0.499. The summed E-state index contributed by atoms with van der Waals surface area (Å²) >= 11 is 0. The second-order valence-corrected chi connectivity index (χ2v) is 5.11. The largest absolute Gasteiger partial charge is 0.465 e. The zero-order chi connectivity index (χ0) is 17.8. The number of ether oxygens (including phenoxy) is 1. The lowest BCUT2D eigenvalue weighted by Gasteiger charge is -2.07. The Morgan fingerprint density at radius 2 is 1.60 bits per heavy atom. The fourth-order valence-electron chi connectivity index (χ4n) is 2.20. The van der Waals surface area contributed by atoms with Crippen molar-refractivity contribution >= 4 is 40.2 Å². The van der Waals surface area contributed by atoms with Crippen molar-refractivity contribution in [3.8, 4) is 0 Å². The third-order valence-corrected chi connectivity index (χ3v) is 3.45. The van der Waals surface area contributed by atoms with Gasteiger partial charge in [0.15, 0.2) is 0 Å². The number of rotatable bonds is 3. The van der Waals surface area contributed by atoms with Crippen LogP contribution in [0.25, 0.3) is 11.0 Å². The predicted molar refractivity (Wildman–Crippen MR) is 91.1 cm³/mol. The van der Waals surface area contributed by atoms with Gasteiger partial charge in [0.2, 0.25) is 0 Å². The van der Waals surface area contributed by atoms with Crippen molar-refractivity contribution in [1.82, 2.24) is 9.97 Å². The van der Waals surface area contributed by atoms with Crippen molar-refractivity contribution in [3.05, 3.63) is 54.4 Å². The maximum atomic E-state index is 12.0. The average Bonchev–Trinajstić information content (AvgIpc) is 3.09. The second-order valence-electron chi connectivity index (χ2n) is 5.11. The fraction of sp³-hybridized carbons (Fsp3) is 0.0588. The van der Waals surface area contributed by atoms with Crippen molar-refractivity contribution < 1.29 is 19.1 Å². The molecule has 0 saturated carbocycles. The van der Waals surface area contributed by atoms with E-state index in [0.29, 0.717) is 16.9 Å². The molecule has 0 unspecified atom stereocenters. The molecule has 3 rings (SSSR count). The molecule has 25 heavy (non-hydrogen) atoms. The number of carbonyl (C=O) groups excluding carboxylic acids is 3. The first-order valence-corrected chi connectivity index (χ1v) is 7.30. The number of nitrogens with one attached hydrogen (secondary N) is 3. The van der Waals surface area contributed by atoms with Gasteiger partial charge < -0.3 is 20.4 Å². The van der Waals surface area contributed by atoms with Gasteiger partial charge in [0.1, 0.15) is 0 Å². The summed E-state index contributed by atoms with van der Waals surface area (Å²) in [6.07, 6.45) is 1.54. The minimum atomic E-state index is -0.824. The standard InChI is InChI=1S/C17H14N4O4/c1-25-17(24)10-2-4-11(5-3-10)20-15(22)16(23)21-12-6-7-13-14(8-12)19-9-18-13/h2-9H,1H3,(H,18,19)(H,20,22)(H,21,23). The highest BCUT2D eigenvalue weighted by molar-refractivity contribution is 6.43. The van der Waals surface area contributed by atoms with Gasteiger partial charge in [-0.1, -0.05) is 0 Å². The summed E-state index contributed by atoms with van der Waals surface area (Å²) in [5, 5.41) is 4.96. The fourth-order valence-corrected chi connectivity index (χ4v) is 2.20. The van der Waals surface area contributed by atoms with E-state index in [9.17, 15) is 14.4 Å². The van der Waals surface area contributed by atoms with Crippen LogP contribution in [0.5, 0.6) is 0 Å². The Kier molecular flexibility index (Phi) is 4.42. The predicted octanol–water partition coefficient (Wildman–Crippen LogP) is 1.93. The Labute approximate surface area is 142 Å². The van der Waals surface area contributed by atoms with Crippen LogP contribution in [0.2, 0.25) is 0 Å². The number of anilines is 2. The van der Waals surface area contributed by atoms with Gasteiger partial charge in [-0.2, -0.15) is 0 Å². The minimum Gasteiger partial charge on any atom is -0.465 e. The molecule has 126 valence electrons. The van der Waals surface area contributed by atoms with Crippen LogP contribution >= 0.6 is 0 Å². The molecule has 0 bridgehead atoms. The van der Waals surface area contributed by atoms with Gasteiger partial charge in [0.05, 0.1) is 30.0 Å². The lowest BCUT2D eigenvalue weighted by atomic mass is 10.2. The van der Waals surface area contributed by atoms with Gasteiger partial charge in [-0.05, 0) is 42.5 Å². The molecule has 3 N–H and O–H groups in total. The number of aromatic nitrogens is 2. The van der Waals surface area contributed by atoms with Crippen molar-refractivity contribution in [2.75, 3.05) is 17.7 Å². The average molecular weight is 338 g/mol. The summed E-state index contributed by atoms with van der Waals surface area (Å²) in [5.41, 5.74) is 2.71. The Bertz CT molecular complexity index is 947. The number of methoxy groups -OCH3 is 1. The molecule has 8 nitrogen and oxygen atoms in total. The van der Waals surface area contributed by atoms with E-state index in [-0.39, 0.29) is 0 Å². The number of aromatic amines is 1. The molecule has 0 aliphatic carbocycles. The van der Waals surface area contributed by atoms with E-state index >= 15 is 0 Å². The first kappa shape index (κ1) is 16.2. The zero-order valence-electron chi connectivity index (χ0n) is 13.2. The number of amides is 2. The number of H-pyrrole nitrogens is 1. The molecule has 0 atom stereocenters. The van der Waals surface area contributed by atoms with E-state index in [4.69, 9.17) is 0 Å². The summed E-state index contributed by atoms with van der Waals surface area (Å²) in [6.45, 7) is 0. The topological polar surface area (TPSA) is 113 Å². The Balaban J connectivity index is 1.64. The molecular weight excluding hydrogens is 324 g/mol. The van der Waals surface area contributed by atoms with Crippen LogP contribution < -0.4 is 10.6 Å². The highest BCUT2D eigenvalue weighted by Crippen LogP contribution is 2.16. The molecule has 0 radical (unpaired) electrons. The number of carbonyl (C=O) groups is 3. The summed E-state index contributed by atoms with van der Waals surface area (Å²) in [5.74, 6) is -2.11. The number of imidazole rings is 1. The molecule has 8 heteroatoms. The molecule has 2 aromatic carbocycles. The lowest BCUT2D eigenvalue weighted by Crippen LogP contribution is -2.29. The maximum Gasteiger partial charge on any atom is 0.337 e. The van der Waals surface area contributed by atoms with Crippen LogP contribution in [0.1, 0.15) is 10.4 Å². The van der Waals surface area contributed by atoms with Gasteiger partial charge in [0.25, 0.3) is 0 Å². The molecule has 2 amide bonds. The summed E-state index contributed by atoms with van der Waals surface area (Å²) in [7, 11) is 1.28. The van der Waals surface area contributed by atoms with Crippen LogP contribution in [0.15, 0.2) is 48.8 Å². The Morgan fingerprint density at radius 1 is 0.960 bits per heavy atom. The molecule has 0 saturated heterocycles. The number of fused-ring (bicyclic) bond motifs is 1. The molecule has 0 fully saturated rings. The van der Waals surface area contributed by atoms with E-state index in [0.717, 1.165) is 11.0 Å². The van der Waals surface area contributed by atoms with Crippen LogP contribution in [0, 0.1) is 0 Å². The molecule has 3 aromatic rings. The molecule has 0 aliphatic heterocycles. The van der Waals surface area contributed by atoms with Gasteiger partial charge in [-0.25, -0.2) is 9.78 Å². The van der Waals surface area contributed by atoms with E-state index in [1.807, 2.05) is 0 Å². The molecule has 1 aromatic heterocycles. The van der Waals surface area contributed by atoms with Gasteiger partial charge in [-0.15, -0.1) is 0 Å². The van der Waals surface area contributed by atoms with Crippen LogP contribution in [-0.2, 0) is 14.3 Å². The third-order valence-electron chi connectivity index (χ3n) is 3.45. The van der Waals surface area contributed by atoms with Gasteiger partial charge in [0, 0.05) is 11.4 Å². The molecule has 1 heterocycles. The van der Waals surface area contributed by atoms with Crippen LogP contribution in [0.4, 0.5) is 11.4 Å². The van der Waals surface area contributed by atoms with Gasteiger partial charge in [-0.3, -0.25) is 9.59 Å². The minimum absolute atomic E-state index is 0.345. The third kappa shape index (κ3) is 3.63. The van der Waals surface area contributed by atoms with Crippen molar-refractivity contribution in [1.29, 1.82) is 0 Å². The highest BCUT2D eigenvalue weighted by atomic mass is 16.5. The first-order valence-electron chi connectivity index (χ1n) is 7.30. The number of hydrogen-bond donors (Lipinski definition) is 3. The smallest absolute Gasteiger partial charge is 0.337 e. The van der Waals surface area contributed by atoms with Gasteiger partial charge >= 0.3 is 17.8 Å². The highest BCUT2D eigenvalue weighted by Gasteiger charge is 2.15. The summed E-state index contributed by atoms with van der Waals surface area (Å²) < 4.78 is 4.59. The van der Waals surface area contributed by atoms with E-state index in [1.165, 1.54) is 31.4 Å². The van der Waals surface area contributed by atoms with Crippen molar-refractivity contribution in [2.45, 2.75) is 0 Å². The van der Waals surface area contributed by atoms with E-state index in [2.05, 4.69) is 25.3 Å². The SMILES string of the molecule is COC(=O)c1ccc(NC(=O)C(=O)Nc2ccc3nc[nH]c3c2)cc1. The maximum absolute atomic E-state index is 12.0. The monoisotopic (exact) mass is 338 g/mol. The summed E-state index contributed by atoms with van der Waals surface area (Å²) in [6, 6.07) is 11.1. The number of nitrogens with zero attached hydrogens (tertiary/aromatic N) is 1. The van der Waals surface area contributed by atoms with E-state index in [1.54, 1.807) is 24.5 Å². The number of benzene rings is 2. The molecule has 0 aliphatic rings. The Hall–Kier alpha value is -3.68. The van der Waals surface area contributed by atoms with Crippen LogP contribution in [0.3, 0.4) is 0 Å². The lowest BCUT2D eigenvalue weighted by molar-refractivity contribution is -0.132. The molecular formula is C17H14N4O4. The Morgan fingerprint density at radius 3 is 2.28 bits per heavy atom. The van der Waals surface area contributed by atoms with E-state index < -0.39 is 17.8 Å². The van der Waals surface area contributed by atoms with Crippen molar-refractivity contribution in [3.63, 3.8) is 0 Å². The van der Waals surface area contributed by atoms with Crippen molar-refractivity contribution in [2.24, 2.45) is 0 Å². The number of hydrogen-bond acceptors (Lipinski definition) is 5. The molecule has 0 spiro atoms. The normalized spacial score (nSPS) is 10.3. The zero-order valence-corrected chi connectivity index (χ0v) is 13.2.